The van der Waals surface area contributed by atoms with Crippen molar-refractivity contribution in [3.8, 4) is 0 Å². The summed E-state index contributed by atoms with van der Waals surface area (Å²) in [6.07, 6.45) is 0.329. The van der Waals surface area contributed by atoms with E-state index in [0.29, 0.717) is 0 Å². The second-order valence-corrected chi connectivity index (χ2v) is 14.9. The second-order valence-electron chi connectivity index (χ2n) is 13.2. The van der Waals surface area contributed by atoms with Crippen molar-refractivity contribution in [2.75, 3.05) is 0 Å². The van der Waals surface area contributed by atoms with Gasteiger partial charge in [-0.3, -0.25) is 19.2 Å². The zero-order chi connectivity index (χ0) is 34.2. The largest absolute Gasteiger partial charge is 0.776 e. The Labute approximate surface area is 258 Å². The Hall–Kier alpha value is -2.53. The first-order chi connectivity index (χ1) is 19.3. The summed E-state index contributed by atoms with van der Waals surface area (Å²) in [5, 5.41) is 0. The maximum absolute atomic E-state index is 13.6. The molecular formula is C25H41B4NO12P+. The number of nitrogens with two attached hydrogens (primary N) is 1. The van der Waals surface area contributed by atoms with Crippen molar-refractivity contribution in [3.05, 3.63) is 0 Å². The molecule has 18 heteroatoms. The van der Waals surface area contributed by atoms with Gasteiger partial charge in [-0.25, -0.2) is 27.7 Å². The van der Waals surface area contributed by atoms with Crippen LogP contribution in [0.4, 0.5) is 19.2 Å². The molecule has 2 N–H and O–H groups in total. The molecule has 13 nitrogen and oxygen atoms in total. The highest BCUT2D eigenvalue weighted by Gasteiger charge is 2.65. The minimum absolute atomic E-state index is 0.107. The molecule has 0 rings (SSSR count). The van der Waals surface area contributed by atoms with Crippen molar-refractivity contribution in [2.45, 2.75) is 95.0 Å². The van der Waals surface area contributed by atoms with Crippen molar-refractivity contribution in [1.29, 1.82) is 0 Å². The van der Waals surface area contributed by atoms with Gasteiger partial charge in [0.1, 0.15) is 0 Å². The van der Waals surface area contributed by atoms with Crippen LogP contribution >= 0.6 is 8.17 Å². The van der Waals surface area contributed by atoms with Crippen molar-refractivity contribution >= 4 is 74.2 Å². The summed E-state index contributed by atoms with van der Waals surface area (Å²) in [6.45, 7) is 19.1. The molecule has 0 fully saturated rings. The first-order valence-corrected chi connectivity index (χ1v) is 14.8. The topological polar surface area (TPSA) is 184 Å². The quantitative estimate of drug-likeness (QED) is 0.184. The number of carbonyl (C=O) groups excluding carboxylic acids is 6. The summed E-state index contributed by atoms with van der Waals surface area (Å²) in [7, 11) is 4.67. The van der Waals surface area contributed by atoms with Crippen LogP contribution in [-0.2, 0) is 37.0 Å². The molecule has 0 aliphatic carbocycles. The minimum atomic E-state index is -5.21. The van der Waals surface area contributed by atoms with Crippen LogP contribution in [0.3, 0.4) is 0 Å². The molecule has 234 valence electrons. The average molecular weight is 622 g/mol. The number of hydrogen-bond donors (Lipinski definition) is 1. The zero-order valence-corrected chi connectivity index (χ0v) is 27.7. The van der Waals surface area contributed by atoms with E-state index >= 15 is 0 Å². The third kappa shape index (κ3) is 12.9. The van der Waals surface area contributed by atoms with Gasteiger partial charge in [0.25, 0.3) is 0 Å². The molecule has 0 spiro atoms. The molecule has 6 radical (unpaired) electrons. The first-order valence-electron chi connectivity index (χ1n) is 13.4. The Kier molecular flexibility index (Phi) is 14.5. The van der Waals surface area contributed by atoms with Crippen molar-refractivity contribution < 1.29 is 56.2 Å². The maximum atomic E-state index is 13.6. The maximum Gasteiger partial charge on any atom is 0.776 e. The fourth-order valence-corrected chi connectivity index (χ4v) is 5.55. The fraction of sp³-hybridized carbons (Fsp3) is 0.760. The standard InChI is InChI=1S/C25H41B4NO12P/c1-14(2)22(4,5)12-24(8,9)16(31)39-43(41-20(35)28-18(33)37-26,42-21(36)29-19(34)38-27)40-17(32)25(10,11)13-23(6,7)15(3)30/h14-15H,12-13,30H2,1-11H3/q+1. The van der Waals surface area contributed by atoms with E-state index in [-0.39, 0.29) is 39.4 Å². The smallest absolute Gasteiger partial charge is 0.551 e. The molecule has 0 aromatic rings. The van der Waals surface area contributed by atoms with Gasteiger partial charge in [-0.2, -0.15) is 0 Å². The summed E-state index contributed by atoms with van der Waals surface area (Å²) in [6, 6.07) is -0.383. The van der Waals surface area contributed by atoms with Crippen LogP contribution in [0.25, 0.3) is 0 Å². The Morgan fingerprint density at radius 2 is 0.953 bits per heavy atom. The number of hydrogen-bond acceptors (Lipinski definition) is 13. The van der Waals surface area contributed by atoms with Gasteiger partial charge >= 0.3 is 62.5 Å². The second kappa shape index (κ2) is 15.5. The number of rotatable bonds is 16. The molecule has 0 saturated carbocycles. The van der Waals surface area contributed by atoms with E-state index in [2.05, 4.69) is 9.31 Å². The van der Waals surface area contributed by atoms with Gasteiger partial charge in [-0.05, 0) is 64.2 Å². The van der Waals surface area contributed by atoms with E-state index in [0.717, 1.165) is 0 Å². The summed E-state index contributed by atoms with van der Waals surface area (Å²) in [5.41, 5.74) is 2.29. The Morgan fingerprint density at radius 1 is 0.628 bits per heavy atom. The highest BCUT2D eigenvalue weighted by atomic mass is 31.2. The van der Waals surface area contributed by atoms with Gasteiger partial charge < -0.3 is 15.0 Å². The van der Waals surface area contributed by atoms with Gasteiger partial charge in [0.15, 0.2) is 0 Å². The lowest BCUT2D eigenvalue weighted by Gasteiger charge is -2.36. The molecule has 0 amide bonds. The highest BCUT2D eigenvalue weighted by molar-refractivity contribution is 7.59. The third-order valence-corrected chi connectivity index (χ3v) is 8.78. The molecule has 0 aromatic heterocycles. The molecule has 0 aromatic carbocycles. The van der Waals surface area contributed by atoms with E-state index in [4.69, 9.17) is 39.9 Å². The Bertz CT molecular complexity index is 981. The van der Waals surface area contributed by atoms with Crippen molar-refractivity contribution in [3.63, 3.8) is 0 Å². The molecular weight excluding hydrogens is 580 g/mol. The normalized spacial score (nSPS) is 13.2. The molecule has 0 aliphatic rings. The van der Waals surface area contributed by atoms with E-state index < -0.39 is 65.2 Å². The highest BCUT2D eigenvalue weighted by Crippen LogP contribution is 2.66. The zero-order valence-electron chi connectivity index (χ0n) is 26.8. The van der Waals surface area contributed by atoms with E-state index in [1.807, 2.05) is 27.7 Å². The van der Waals surface area contributed by atoms with Crippen molar-refractivity contribution in [1.82, 2.24) is 0 Å². The molecule has 0 aliphatic heterocycles. The van der Waals surface area contributed by atoms with Crippen LogP contribution in [0.1, 0.15) is 89.0 Å². The number of carbonyl (C=O) groups is 6. The van der Waals surface area contributed by atoms with Gasteiger partial charge in [0.05, 0.1) is 10.8 Å². The molecule has 0 saturated heterocycles. The molecule has 1 atom stereocenters. The predicted octanol–water partition coefficient (Wildman–Crippen LogP) is 4.76. The lowest BCUT2D eigenvalue weighted by Crippen LogP contribution is -2.42. The van der Waals surface area contributed by atoms with Crippen LogP contribution in [0.2, 0.25) is 0 Å². The van der Waals surface area contributed by atoms with Crippen LogP contribution in [-0.4, -0.2) is 72.1 Å². The van der Waals surface area contributed by atoms with Gasteiger partial charge in [-0.1, -0.05) is 41.5 Å². The SMILES string of the molecule is [B]OC(=O)[B]C(=O)O[P+](OC(=O)[B]C(=O)O[B])(OC(=O)C(C)(C)CC(C)(C)C(C)C)OC(=O)C(C)(C)CC(C)(C)C(C)N. The van der Waals surface area contributed by atoms with Crippen LogP contribution in [0.15, 0.2) is 0 Å². The van der Waals surface area contributed by atoms with Crippen molar-refractivity contribution in [2.24, 2.45) is 33.3 Å². The van der Waals surface area contributed by atoms with E-state index in [1.54, 1.807) is 20.8 Å². The van der Waals surface area contributed by atoms with Crippen LogP contribution < -0.4 is 5.73 Å². The average Bonchev–Trinajstić information content (AvgIpc) is 2.81. The monoisotopic (exact) mass is 622 g/mol. The third-order valence-electron chi connectivity index (χ3n) is 7.19. The molecule has 1 unspecified atom stereocenters. The Balaban J connectivity index is 6.93. The summed E-state index contributed by atoms with van der Waals surface area (Å²) < 4.78 is 28.9. The van der Waals surface area contributed by atoms with Crippen LogP contribution in [0.5, 0.6) is 0 Å². The van der Waals surface area contributed by atoms with E-state index in [1.165, 1.54) is 27.7 Å². The lowest BCUT2D eigenvalue weighted by molar-refractivity contribution is -0.154. The van der Waals surface area contributed by atoms with Crippen LogP contribution in [0, 0.1) is 27.6 Å². The summed E-state index contributed by atoms with van der Waals surface area (Å²) in [5.74, 6) is -8.16. The van der Waals surface area contributed by atoms with Gasteiger partial charge in [0.2, 0.25) is 11.7 Å². The summed E-state index contributed by atoms with van der Waals surface area (Å²) >= 11 is 0. The lowest BCUT2D eigenvalue weighted by atomic mass is 9.69. The molecule has 0 bridgehead atoms. The minimum Gasteiger partial charge on any atom is -0.551 e. The molecule has 43 heavy (non-hydrogen) atoms. The van der Waals surface area contributed by atoms with Gasteiger partial charge in [-0.15, -0.1) is 0 Å². The predicted molar refractivity (Wildman–Crippen MR) is 161 cm³/mol. The van der Waals surface area contributed by atoms with E-state index in [9.17, 15) is 28.8 Å². The Morgan fingerprint density at radius 3 is 1.23 bits per heavy atom. The summed E-state index contributed by atoms with van der Waals surface area (Å²) in [4.78, 5) is 75.8. The molecule has 0 heterocycles. The first kappa shape index (κ1) is 40.5. The van der Waals surface area contributed by atoms with Gasteiger partial charge in [0, 0.05) is 6.04 Å². The fourth-order valence-electron chi connectivity index (χ4n) is 3.88.